The van der Waals surface area contributed by atoms with Crippen molar-refractivity contribution in [3.63, 3.8) is 0 Å². The van der Waals surface area contributed by atoms with E-state index in [1.807, 2.05) is 0 Å². The van der Waals surface area contributed by atoms with Crippen LogP contribution in [0.4, 0.5) is 10.5 Å². The van der Waals surface area contributed by atoms with Gasteiger partial charge in [-0.1, -0.05) is 0 Å². The summed E-state index contributed by atoms with van der Waals surface area (Å²) in [5.74, 6) is 0.857. The number of nitrogens with one attached hydrogen (secondary N) is 1. The molecule has 0 saturated carbocycles. The Morgan fingerprint density at radius 3 is 2.42 bits per heavy atom. The molecule has 26 heavy (non-hydrogen) atoms. The minimum absolute atomic E-state index is 0.0250. The third-order valence-electron chi connectivity index (χ3n) is 4.10. The van der Waals surface area contributed by atoms with Crippen molar-refractivity contribution in [2.75, 3.05) is 59.5 Å². The number of nitrogens with zero attached hydrogens (tertiary/aromatic N) is 2. The van der Waals surface area contributed by atoms with Crippen molar-refractivity contribution >= 4 is 17.6 Å². The summed E-state index contributed by atoms with van der Waals surface area (Å²) in [5.41, 5.74) is 0.689. The molecule has 0 spiro atoms. The van der Waals surface area contributed by atoms with Gasteiger partial charge in [0.05, 0.1) is 20.8 Å². The van der Waals surface area contributed by atoms with Gasteiger partial charge in [-0.05, 0) is 12.1 Å². The summed E-state index contributed by atoms with van der Waals surface area (Å²) in [6.07, 6.45) is -0.517. The van der Waals surface area contributed by atoms with Crippen LogP contribution in [0.5, 0.6) is 11.5 Å². The van der Waals surface area contributed by atoms with Gasteiger partial charge in [0.25, 0.3) is 0 Å². The largest absolute Gasteiger partial charge is 0.493 e. The molecule has 0 bridgehead atoms. The molecule has 1 aromatic rings. The Hall–Kier alpha value is -2.52. The smallest absolute Gasteiger partial charge is 0.325 e. The third-order valence-corrected chi connectivity index (χ3v) is 4.10. The fraction of sp³-hybridized carbons (Fsp3) is 0.529. The van der Waals surface area contributed by atoms with Crippen molar-refractivity contribution in [1.29, 1.82) is 0 Å². The highest BCUT2D eigenvalue weighted by Gasteiger charge is 2.31. The Labute approximate surface area is 152 Å². The van der Waals surface area contributed by atoms with Gasteiger partial charge in [-0.25, -0.2) is 4.79 Å². The first-order valence-electron chi connectivity index (χ1n) is 8.14. The summed E-state index contributed by atoms with van der Waals surface area (Å²) in [4.78, 5) is 27.7. The van der Waals surface area contributed by atoms with Crippen LogP contribution in [-0.2, 0) is 14.3 Å². The highest BCUT2D eigenvalue weighted by atomic mass is 16.7. The van der Waals surface area contributed by atoms with Crippen LogP contribution in [0.1, 0.15) is 0 Å². The molecule has 1 fully saturated rings. The van der Waals surface area contributed by atoms with E-state index in [0.717, 1.165) is 0 Å². The standard InChI is InChI=1S/C17H25N3O6/c1-23-13-6-5-12(9-14(13)24-2)20-8-7-19(17(20)22)11-15(21)18-10-16(25-3)26-4/h5-6,9,16H,7-8,10-11H2,1-4H3,(H,18,21). The second-order valence-corrected chi connectivity index (χ2v) is 5.60. The summed E-state index contributed by atoms with van der Waals surface area (Å²) in [6, 6.07) is 5.03. The number of carbonyl (C=O) groups is 2. The van der Waals surface area contributed by atoms with Gasteiger partial charge in [0.1, 0.15) is 6.54 Å². The number of urea groups is 1. The van der Waals surface area contributed by atoms with E-state index in [0.29, 0.717) is 30.3 Å². The number of rotatable bonds is 9. The Bertz CT molecular complexity index is 635. The van der Waals surface area contributed by atoms with E-state index in [1.165, 1.54) is 26.2 Å². The van der Waals surface area contributed by atoms with Gasteiger partial charge in [0.2, 0.25) is 5.91 Å². The van der Waals surface area contributed by atoms with Crippen molar-refractivity contribution in [3.8, 4) is 11.5 Å². The zero-order chi connectivity index (χ0) is 19.1. The van der Waals surface area contributed by atoms with E-state index in [4.69, 9.17) is 18.9 Å². The van der Waals surface area contributed by atoms with Crippen LogP contribution in [0.15, 0.2) is 18.2 Å². The minimum atomic E-state index is -0.517. The van der Waals surface area contributed by atoms with Gasteiger partial charge in [0.15, 0.2) is 17.8 Å². The van der Waals surface area contributed by atoms with Crippen molar-refractivity contribution in [1.82, 2.24) is 10.2 Å². The summed E-state index contributed by atoms with van der Waals surface area (Å²) in [5, 5.41) is 2.68. The number of hydrogen-bond donors (Lipinski definition) is 1. The molecule has 144 valence electrons. The van der Waals surface area contributed by atoms with Crippen LogP contribution in [-0.4, -0.2) is 77.7 Å². The van der Waals surface area contributed by atoms with E-state index in [1.54, 1.807) is 30.2 Å². The zero-order valence-electron chi connectivity index (χ0n) is 15.5. The lowest BCUT2D eigenvalue weighted by Gasteiger charge is -2.20. The first kappa shape index (κ1) is 19.8. The Morgan fingerprint density at radius 1 is 1.12 bits per heavy atom. The van der Waals surface area contributed by atoms with E-state index in [2.05, 4.69) is 5.32 Å². The van der Waals surface area contributed by atoms with Gasteiger partial charge in [-0.3, -0.25) is 9.69 Å². The molecular weight excluding hydrogens is 342 g/mol. The number of methoxy groups -OCH3 is 4. The second-order valence-electron chi connectivity index (χ2n) is 5.60. The molecule has 1 aliphatic rings. The fourth-order valence-corrected chi connectivity index (χ4v) is 2.65. The highest BCUT2D eigenvalue weighted by molar-refractivity contribution is 5.96. The lowest BCUT2D eigenvalue weighted by Crippen LogP contribution is -2.42. The molecule has 1 aromatic carbocycles. The second kappa shape index (κ2) is 9.25. The van der Waals surface area contributed by atoms with Crippen LogP contribution in [0.25, 0.3) is 0 Å². The minimum Gasteiger partial charge on any atom is -0.493 e. The molecule has 1 N–H and O–H groups in total. The summed E-state index contributed by atoms with van der Waals surface area (Å²) in [6.45, 7) is 1.13. The molecule has 1 aliphatic heterocycles. The Kier molecular flexibility index (Phi) is 7.05. The molecule has 0 aromatic heterocycles. The summed E-state index contributed by atoms with van der Waals surface area (Å²) >= 11 is 0. The molecule has 0 atom stereocenters. The van der Waals surface area contributed by atoms with Crippen molar-refractivity contribution in [2.45, 2.75) is 6.29 Å². The number of hydrogen-bond acceptors (Lipinski definition) is 6. The SMILES string of the molecule is COc1ccc(N2CCN(CC(=O)NCC(OC)OC)C2=O)cc1OC. The predicted octanol–water partition coefficient (Wildman–Crippen LogP) is 0.681. The topological polar surface area (TPSA) is 89.6 Å². The van der Waals surface area contributed by atoms with Gasteiger partial charge in [-0.2, -0.15) is 0 Å². The maximum absolute atomic E-state index is 12.6. The number of benzene rings is 1. The lowest BCUT2D eigenvalue weighted by molar-refractivity contribution is -0.127. The first-order chi connectivity index (χ1) is 12.5. The normalized spacial score (nSPS) is 14.1. The fourth-order valence-electron chi connectivity index (χ4n) is 2.65. The predicted molar refractivity (Wildman–Crippen MR) is 94.7 cm³/mol. The van der Waals surface area contributed by atoms with Crippen molar-refractivity contribution in [3.05, 3.63) is 18.2 Å². The average molecular weight is 367 g/mol. The first-order valence-corrected chi connectivity index (χ1v) is 8.14. The molecule has 9 heteroatoms. The van der Waals surface area contributed by atoms with Crippen molar-refractivity contribution < 1.29 is 28.5 Å². The van der Waals surface area contributed by atoms with Crippen LogP contribution in [0.2, 0.25) is 0 Å². The lowest BCUT2D eigenvalue weighted by atomic mass is 10.2. The van der Waals surface area contributed by atoms with E-state index < -0.39 is 6.29 Å². The van der Waals surface area contributed by atoms with E-state index in [9.17, 15) is 9.59 Å². The Morgan fingerprint density at radius 2 is 1.81 bits per heavy atom. The molecule has 3 amide bonds. The van der Waals surface area contributed by atoms with Crippen LogP contribution >= 0.6 is 0 Å². The van der Waals surface area contributed by atoms with Gasteiger partial charge in [-0.15, -0.1) is 0 Å². The maximum Gasteiger partial charge on any atom is 0.325 e. The number of amides is 3. The molecular formula is C17H25N3O6. The van der Waals surface area contributed by atoms with E-state index >= 15 is 0 Å². The number of anilines is 1. The van der Waals surface area contributed by atoms with Crippen LogP contribution in [0, 0.1) is 0 Å². The van der Waals surface area contributed by atoms with Crippen LogP contribution in [0.3, 0.4) is 0 Å². The van der Waals surface area contributed by atoms with Crippen LogP contribution < -0.4 is 19.7 Å². The van der Waals surface area contributed by atoms with Gasteiger partial charge >= 0.3 is 6.03 Å². The molecule has 2 rings (SSSR count). The highest BCUT2D eigenvalue weighted by Crippen LogP contribution is 2.32. The average Bonchev–Trinajstić information content (AvgIpc) is 3.02. The van der Waals surface area contributed by atoms with Gasteiger partial charge < -0.3 is 29.2 Å². The molecule has 0 aliphatic carbocycles. The zero-order valence-corrected chi connectivity index (χ0v) is 15.5. The van der Waals surface area contributed by atoms with Crippen molar-refractivity contribution in [2.24, 2.45) is 0 Å². The molecule has 9 nitrogen and oxygen atoms in total. The number of ether oxygens (including phenoxy) is 4. The quantitative estimate of drug-likeness (QED) is 0.646. The summed E-state index contributed by atoms with van der Waals surface area (Å²) < 4.78 is 20.5. The Balaban J connectivity index is 1.96. The number of carbonyl (C=O) groups excluding carboxylic acids is 2. The van der Waals surface area contributed by atoms with Gasteiger partial charge in [0, 0.05) is 39.1 Å². The van der Waals surface area contributed by atoms with E-state index in [-0.39, 0.29) is 25.0 Å². The molecule has 1 saturated heterocycles. The monoisotopic (exact) mass is 367 g/mol. The maximum atomic E-state index is 12.6. The molecule has 0 radical (unpaired) electrons. The third kappa shape index (κ3) is 4.55. The molecule has 0 unspecified atom stereocenters. The molecule has 1 heterocycles. The summed E-state index contributed by atoms with van der Waals surface area (Å²) in [7, 11) is 6.07.